The van der Waals surface area contributed by atoms with Crippen molar-refractivity contribution >= 4 is 5.97 Å². The molecule has 0 aromatic heterocycles. The molecule has 8 heteroatoms. The lowest BCUT2D eigenvalue weighted by Gasteiger charge is -2.14. The molecule has 3 aromatic rings. The van der Waals surface area contributed by atoms with Crippen LogP contribution in [-0.4, -0.2) is 32.2 Å². The van der Waals surface area contributed by atoms with Gasteiger partial charge in [0.1, 0.15) is 17.2 Å². The summed E-state index contributed by atoms with van der Waals surface area (Å²) in [5.74, 6) is 0.823. The van der Waals surface area contributed by atoms with E-state index < -0.39 is 6.36 Å². The first-order chi connectivity index (χ1) is 16.8. The predicted octanol–water partition coefficient (Wildman–Crippen LogP) is 6.60. The van der Waals surface area contributed by atoms with Crippen molar-refractivity contribution in [2.45, 2.75) is 32.5 Å². The molecule has 0 atom stereocenters. The van der Waals surface area contributed by atoms with E-state index >= 15 is 0 Å². The van der Waals surface area contributed by atoms with Crippen molar-refractivity contribution in [3.8, 4) is 28.4 Å². The second-order valence-electron chi connectivity index (χ2n) is 7.56. The second-order valence-corrected chi connectivity index (χ2v) is 7.56. The summed E-state index contributed by atoms with van der Waals surface area (Å²) < 4.78 is 57.9. The lowest BCUT2D eigenvalue weighted by Crippen LogP contribution is -2.16. The zero-order valence-corrected chi connectivity index (χ0v) is 19.3. The highest BCUT2D eigenvalue weighted by Gasteiger charge is 2.31. The van der Waals surface area contributed by atoms with Gasteiger partial charge in [-0.3, -0.25) is 4.79 Å². The Morgan fingerprint density at radius 2 is 1.51 bits per heavy atom. The second kappa shape index (κ2) is 12.7. The molecule has 0 amide bonds. The van der Waals surface area contributed by atoms with Gasteiger partial charge in [-0.05, 0) is 66.4 Å². The largest absolute Gasteiger partial charge is 0.573 e. The van der Waals surface area contributed by atoms with Crippen molar-refractivity contribution in [1.82, 2.24) is 0 Å². The number of rotatable bonds is 12. The summed E-state index contributed by atoms with van der Waals surface area (Å²) in [5.41, 5.74) is 2.29. The van der Waals surface area contributed by atoms with Crippen LogP contribution in [0.2, 0.25) is 0 Å². The Kier molecular flexibility index (Phi) is 9.40. The first-order valence-electron chi connectivity index (χ1n) is 11.3. The van der Waals surface area contributed by atoms with Crippen molar-refractivity contribution in [2.24, 2.45) is 0 Å². The van der Waals surface area contributed by atoms with Gasteiger partial charge in [-0.1, -0.05) is 36.4 Å². The fraction of sp³-hybridized carbons (Fsp3) is 0.296. The maximum Gasteiger partial charge on any atom is 0.573 e. The maximum absolute atomic E-state index is 12.4. The van der Waals surface area contributed by atoms with Crippen LogP contribution in [0.25, 0.3) is 11.1 Å². The van der Waals surface area contributed by atoms with Crippen molar-refractivity contribution in [3.05, 3.63) is 78.4 Å². The molecule has 0 aliphatic heterocycles. The maximum atomic E-state index is 12.4. The number of para-hydroxylation sites is 1. The molecule has 0 bridgehead atoms. The Hall–Kier alpha value is -3.68. The van der Waals surface area contributed by atoms with Crippen LogP contribution in [0.15, 0.2) is 72.8 Å². The number of carbonyl (C=O) groups is 1. The third-order valence-electron chi connectivity index (χ3n) is 4.94. The standard InChI is InChI=1S/C27H27F3O5/c1-2-32-26(31)16-12-22-19-21(20-9-13-24(14-10-20)35-27(28,29)30)11-15-25(22)34-18-6-17-33-23-7-4-3-5-8-23/h3-5,7-11,13-15,19H,2,6,12,16-18H2,1H3. The third-order valence-corrected chi connectivity index (χ3v) is 4.94. The van der Waals surface area contributed by atoms with Gasteiger partial charge in [0.15, 0.2) is 0 Å². The van der Waals surface area contributed by atoms with Crippen LogP contribution in [0.1, 0.15) is 25.3 Å². The van der Waals surface area contributed by atoms with E-state index in [2.05, 4.69) is 4.74 Å². The molecule has 3 rings (SSSR count). The number of hydrogen-bond donors (Lipinski definition) is 0. The van der Waals surface area contributed by atoms with Crippen LogP contribution in [0.5, 0.6) is 17.2 Å². The summed E-state index contributed by atoms with van der Waals surface area (Å²) >= 11 is 0. The number of carbonyl (C=O) groups excluding carboxylic acids is 1. The number of hydrogen-bond acceptors (Lipinski definition) is 5. The molecule has 0 saturated heterocycles. The van der Waals surface area contributed by atoms with Gasteiger partial charge >= 0.3 is 12.3 Å². The topological polar surface area (TPSA) is 54.0 Å². The molecule has 35 heavy (non-hydrogen) atoms. The molecular weight excluding hydrogens is 461 g/mol. The molecule has 0 radical (unpaired) electrons. The van der Waals surface area contributed by atoms with E-state index in [1.807, 2.05) is 42.5 Å². The molecule has 0 aliphatic rings. The average Bonchev–Trinajstić information content (AvgIpc) is 2.83. The van der Waals surface area contributed by atoms with Crippen LogP contribution in [0, 0.1) is 0 Å². The summed E-state index contributed by atoms with van der Waals surface area (Å²) in [6, 6.07) is 20.6. The average molecular weight is 489 g/mol. The number of benzene rings is 3. The third kappa shape index (κ3) is 8.88. The highest BCUT2D eigenvalue weighted by Crippen LogP contribution is 2.30. The van der Waals surface area contributed by atoms with E-state index in [1.54, 1.807) is 25.1 Å². The van der Waals surface area contributed by atoms with Gasteiger partial charge in [0.05, 0.1) is 19.8 Å². The molecular formula is C27H27F3O5. The number of aryl methyl sites for hydroxylation is 1. The van der Waals surface area contributed by atoms with Crippen LogP contribution >= 0.6 is 0 Å². The summed E-state index contributed by atoms with van der Waals surface area (Å²) in [7, 11) is 0. The fourth-order valence-corrected chi connectivity index (χ4v) is 3.36. The van der Waals surface area contributed by atoms with Gasteiger partial charge in [-0.15, -0.1) is 13.2 Å². The van der Waals surface area contributed by atoms with Crippen molar-refractivity contribution < 1.29 is 36.9 Å². The lowest BCUT2D eigenvalue weighted by molar-refractivity contribution is -0.274. The molecule has 0 aliphatic carbocycles. The quantitative estimate of drug-likeness (QED) is 0.213. The molecule has 0 fully saturated rings. The molecule has 0 heterocycles. The van der Waals surface area contributed by atoms with Gasteiger partial charge in [0.25, 0.3) is 0 Å². The van der Waals surface area contributed by atoms with Crippen LogP contribution in [0.4, 0.5) is 13.2 Å². The Bertz CT molecular complexity index is 1070. The minimum Gasteiger partial charge on any atom is -0.493 e. The summed E-state index contributed by atoms with van der Waals surface area (Å²) in [6.45, 7) is 2.96. The van der Waals surface area contributed by atoms with E-state index in [-0.39, 0.29) is 18.1 Å². The first kappa shape index (κ1) is 25.9. The number of halogens is 3. The van der Waals surface area contributed by atoms with E-state index in [4.69, 9.17) is 14.2 Å². The Labute approximate surface area is 202 Å². The molecule has 0 saturated carbocycles. The van der Waals surface area contributed by atoms with Gasteiger partial charge in [0.2, 0.25) is 0 Å². The SMILES string of the molecule is CCOC(=O)CCc1cc(-c2ccc(OC(F)(F)F)cc2)ccc1OCCCOc1ccccc1. The van der Waals surface area contributed by atoms with E-state index in [0.717, 1.165) is 16.9 Å². The zero-order chi connectivity index (χ0) is 25.1. The molecule has 5 nitrogen and oxygen atoms in total. The minimum absolute atomic E-state index is 0.184. The zero-order valence-electron chi connectivity index (χ0n) is 19.3. The molecule has 186 valence electrons. The molecule has 3 aromatic carbocycles. The predicted molar refractivity (Wildman–Crippen MR) is 126 cm³/mol. The number of esters is 1. The first-order valence-corrected chi connectivity index (χ1v) is 11.3. The highest BCUT2D eigenvalue weighted by atomic mass is 19.4. The van der Waals surface area contributed by atoms with Crippen molar-refractivity contribution in [1.29, 1.82) is 0 Å². The van der Waals surface area contributed by atoms with Crippen molar-refractivity contribution in [3.63, 3.8) is 0 Å². The van der Waals surface area contributed by atoms with Gasteiger partial charge in [-0.2, -0.15) is 0 Å². The molecule has 0 spiro atoms. The molecule has 0 unspecified atom stereocenters. The van der Waals surface area contributed by atoms with Gasteiger partial charge in [0, 0.05) is 12.8 Å². The summed E-state index contributed by atoms with van der Waals surface area (Å²) in [4.78, 5) is 11.9. The molecule has 0 N–H and O–H groups in total. The number of ether oxygens (including phenoxy) is 4. The number of alkyl halides is 3. The van der Waals surface area contributed by atoms with Crippen LogP contribution < -0.4 is 14.2 Å². The lowest BCUT2D eigenvalue weighted by atomic mass is 10.00. The van der Waals surface area contributed by atoms with Gasteiger partial charge in [-0.25, -0.2) is 0 Å². The van der Waals surface area contributed by atoms with Crippen molar-refractivity contribution in [2.75, 3.05) is 19.8 Å². The normalized spacial score (nSPS) is 11.1. The highest BCUT2D eigenvalue weighted by molar-refractivity contribution is 5.71. The monoisotopic (exact) mass is 488 g/mol. The Balaban J connectivity index is 1.66. The summed E-state index contributed by atoms with van der Waals surface area (Å²) in [5, 5.41) is 0. The smallest absolute Gasteiger partial charge is 0.493 e. The van der Waals surface area contributed by atoms with Gasteiger partial charge < -0.3 is 18.9 Å². The van der Waals surface area contributed by atoms with E-state index in [1.165, 1.54) is 12.1 Å². The van der Waals surface area contributed by atoms with E-state index in [9.17, 15) is 18.0 Å². The summed E-state index contributed by atoms with van der Waals surface area (Å²) in [6.07, 6.45) is -3.50. The Morgan fingerprint density at radius 3 is 2.20 bits per heavy atom. The van der Waals surface area contributed by atoms with Crippen LogP contribution in [0.3, 0.4) is 0 Å². The fourth-order valence-electron chi connectivity index (χ4n) is 3.36. The Morgan fingerprint density at radius 1 is 0.829 bits per heavy atom. The minimum atomic E-state index is -4.74. The van der Waals surface area contributed by atoms with Crippen LogP contribution in [-0.2, 0) is 16.0 Å². The van der Waals surface area contributed by atoms with E-state index in [0.29, 0.717) is 44.0 Å².